The second-order valence-corrected chi connectivity index (χ2v) is 14.2. The summed E-state index contributed by atoms with van der Waals surface area (Å²) in [4.78, 5) is 10.9. The normalized spacial score (nSPS) is 12.0. The van der Waals surface area contributed by atoms with Crippen molar-refractivity contribution in [2.45, 2.75) is 0 Å². The van der Waals surface area contributed by atoms with Crippen molar-refractivity contribution < 1.29 is 0 Å². The van der Waals surface area contributed by atoms with Gasteiger partial charge < -0.3 is 9.13 Å². The van der Waals surface area contributed by atoms with Crippen molar-refractivity contribution in [1.29, 1.82) is 0 Å². The number of nitrogens with zero attached hydrogens (tertiary/aromatic N) is 5. The highest BCUT2D eigenvalue weighted by atomic mass is 15.2. The van der Waals surface area contributed by atoms with Gasteiger partial charge >= 0.3 is 0 Å². The standard InChI is InChI=1S/C50H31N5/c1-3-15-33(16-4-1)53-44-26-14-10-22-40(44)47-45(53)30-29-38-36-20-9-13-25-43(36)55(49(38)47)50-51-41-23-11-7-21-39(41)48(52-50)32-27-28-37-35-19-8-12-24-42(35)54(46(37)31-32)34-17-5-2-6-18-34/h1-31H. The molecule has 12 aromatic rings. The van der Waals surface area contributed by atoms with E-state index in [1.165, 1.54) is 37.8 Å². The Hall–Kier alpha value is -7.50. The molecule has 12 rings (SSSR count). The molecule has 0 unspecified atom stereocenters. The Morgan fingerprint density at radius 3 is 1.55 bits per heavy atom. The molecule has 8 aromatic carbocycles. The molecule has 0 aliphatic carbocycles. The van der Waals surface area contributed by atoms with Crippen molar-refractivity contribution in [3.8, 4) is 28.6 Å². The van der Waals surface area contributed by atoms with Gasteiger partial charge in [-0.15, -0.1) is 0 Å². The number of hydrogen-bond donors (Lipinski definition) is 0. The minimum Gasteiger partial charge on any atom is -0.309 e. The van der Waals surface area contributed by atoms with E-state index in [0.717, 1.165) is 61.1 Å². The summed E-state index contributed by atoms with van der Waals surface area (Å²) in [5.74, 6) is 0.646. The summed E-state index contributed by atoms with van der Waals surface area (Å²) in [5.41, 5.74) is 11.9. The second kappa shape index (κ2) is 11.5. The maximum atomic E-state index is 5.56. The molecule has 0 saturated carbocycles. The summed E-state index contributed by atoms with van der Waals surface area (Å²) in [6, 6.07) is 67.0. The molecule has 5 nitrogen and oxygen atoms in total. The highest BCUT2D eigenvalue weighted by Gasteiger charge is 2.23. The van der Waals surface area contributed by atoms with Gasteiger partial charge in [0.05, 0.1) is 44.3 Å². The average Bonchev–Trinajstić information content (AvgIpc) is 3.89. The summed E-state index contributed by atoms with van der Waals surface area (Å²) in [6.07, 6.45) is 0. The van der Waals surface area contributed by atoms with E-state index in [1.807, 2.05) is 0 Å². The first-order chi connectivity index (χ1) is 27.3. The summed E-state index contributed by atoms with van der Waals surface area (Å²) < 4.78 is 7.04. The molecule has 0 amide bonds. The smallest absolute Gasteiger partial charge is 0.235 e. The van der Waals surface area contributed by atoms with Gasteiger partial charge in [-0.2, -0.15) is 0 Å². The molecule has 55 heavy (non-hydrogen) atoms. The molecule has 4 heterocycles. The third-order valence-corrected chi connectivity index (χ3v) is 11.2. The molecule has 0 radical (unpaired) electrons. The lowest BCUT2D eigenvalue weighted by Crippen LogP contribution is -2.04. The Kier molecular flexibility index (Phi) is 6.27. The molecule has 256 valence electrons. The van der Waals surface area contributed by atoms with E-state index in [9.17, 15) is 0 Å². The number of hydrogen-bond acceptors (Lipinski definition) is 2. The topological polar surface area (TPSA) is 40.6 Å². The first-order valence-corrected chi connectivity index (χ1v) is 18.7. The SMILES string of the molecule is c1ccc(-n2c3ccccc3c3ccc(-c4nc(-n5c6ccccc6c6ccc7c(c8ccccc8n7-c7ccccc7)c65)nc5ccccc45)cc32)cc1. The molecule has 0 N–H and O–H groups in total. The van der Waals surface area contributed by atoms with E-state index in [-0.39, 0.29) is 0 Å². The molecule has 5 heteroatoms. The Morgan fingerprint density at radius 2 is 0.836 bits per heavy atom. The largest absolute Gasteiger partial charge is 0.309 e. The maximum absolute atomic E-state index is 5.56. The molecular weight excluding hydrogens is 671 g/mol. The Labute approximate surface area is 315 Å². The van der Waals surface area contributed by atoms with Crippen LogP contribution < -0.4 is 0 Å². The molecule has 4 aromatic heterocycles. The van der Waals surface area contributed by atoms with Gasteiger partial charge in [0.15, 0.2) is 0 Å². The van der Waals surface area contributed by atoms with Crippen LogP contribution in [0.3, 0.4) is 0 Å². The molecule has 0 atom stereocenters. The molecule has 0 aliphatic heterocycles. The van der Waals surface area contributed by atoms with Crippen LogP contribution >= 0.6 is 0 Å². The van der Waals surface area contributed by atoms with Crippen molar-refractivity contribution in [2.24, 2.45) is 0 Å². The lowest BCUT2D eigenvalue weighted by molar-refractivity contribution is 1.02. The minimum atomic E-state index is 0.646. The van der Waals surface area contributed by atoms with Gasteiger partial charge in [-0.1, -0.05) is 127 Å². The molecule has 0 bridgehead atoms. The molecular formula is C50H31N5. The van der Waals surface area contributed by atoms with Gasteiger partial charge in [0, 0.05) is 54.6 Å². The summed E-state index contributed by atoms with van der Waals surface area (Å²) >= 11 is 0. The highest BCUT2D eigenvalue weighted by Crippen LogP contribution is 2.42. The molecule has 0 spiro atoms. The lowest BCUT2D eigenvalue weighted by Gasteiger charge is -2.13. The van der Waals surface area contributed by atoms with Crippen LogP contribution in [-0.4, -0.2) is 23.7 Å². The van der Waals surface area contributed by atoms with Gasteiger partial charge in [-0.05, 0) is 60.7 Å². The van der Waals surface area contributed by atoms with Crippen LogP contribution in [-0.2, 0) is 0 Å². The molecule has 0 fully saturated rings. The number of benzene rings is 8. The van der Waals surface area contributed by atoms with Crippen LogP contribution in [0.4, 0.5) is 0 Å². The lowest BCUT2D eigenvalue weighted by atomic mass is 10.0. The predicted molar refractivity (Wildman–Crippen MR) is 228 cm³/mol. The van der Waals surface area contributed by atoms with E-state index in [1.54, 1.807) is 0 Å². The average molecular weight is 702 g/mol. The van der Waals surface area contributed by atoms with Crippen LogP contribution in [0.2, 0.25) is 0 Å². The van der Waals surface area contributed by atoms with Crippen molar-refractivity contribution in [3.05, 3.63) is 188 Å². The minimum absolute atomic E-state index is 0.646. The fraction of sp³-hybridized carbons (Fsp3) is 0. The molecule has 0 aliphatic rings. The first-order valence-electron chi connectivity index (χ1n) is 18.7. The van der Waals surface area contributed by atoms with Gasteiger partial charge in [0.1, 0.15) is 0 Å². The van der Waals surface area contributed by atoms with Crippen LogP contribution in [0.5, 0.6) is 0 Å². The van der Waals surface area contributed by atoms with Crippen LogP contribution in [0.25, 0.3) is 105 Å². The quantitative estimate of drug-likeness (QED) is 0.183. The van der Waals surface area contributed by atoms with E-state index in [0.29, 0.717) is 5.95 Å². The van der Waals surface area contributed by atoms with Crippen LogP contribution in [0.1, 0.15) is 0 Å². The number of fused-ring (bicyclic) bond motifs is 11. The highest BCUT2D eigenvalue weighted by molar-refractivity contribution is 6.26. The van der Waals surface area contributed by atoms with Crippen molar-refractivity contribution in [1.82, 2.24) is 23.7 Å². The summed E-state index contributed by atoms with van der Waals surface area (Å²) in [6.45, 7) is 0. The zero-order valence-corrected chi connectivity index (χ0v) is 29.6. The first kappa shape index (κ1) is 30.0. The maximum Gasteiger partial charge on any atom is 0.235 e. The number of para-hydroxylation sites is 6. The Balaban J connectivity index is 1.19. The fourth-order valence-corrected chi connectivity index (χ4v) is 8.93. The number of aromatic nitrogens is 5. The van der Waals surface area contributed by atoms with Gasteiger partial charge in [0.2, 0.25) is 5.95 Å². The van der Waals surface area contributed by atoms with E-state index < -0.39 is 0 Å². The zero-order chi connectivity index (χ0) is 36.0. The fourth-order valence-electron chi connectivity index (χ4n) is 8.93. The van der Waals surface area contributed by atoms with E-state index >= 15 is 0 Å². The zero-order valence-electron chi connectivity index (χ0n) is 29.6. The van der Waals surface area contributed by atoms with Crippen molar-refractivity contribution in [2.75, 3.05) is 0 Å². The Morgan fingerprint density at radius 1 is 0.327 bits per heavy atom. The number of rotatable bonds is 4. The Bertz CT molecular complexity index is 3480. The predicted octanol–water partition coefficient (Wildman–Crippen LogP) is 12.6. The van der Waals surface area contributed by atoms with Gasteiger partial charge in [-0.3, -0.25) is 4.57 Å². The summed E-state index contributed by atoms with van der Waals surface area (Å²) in [5, 5.41) is 8.16. The van der Waals surface area contributed by atoms with Gasteiger partial charge in [0.25, 0.3) is 0 Å². The van der Waals surface area contributed by atoms with E-state index in [4.69, 9.17) is 9.97 Å². The van der Waals surface area contributed by atoms with Gasteiger partial charge in [-0.25, -0.2) is 9.97 Å². The van der Waals surface area contributed by atoms with Crippen molar-refractivity contribution in [3.63, 3.8) is 0 Å². The van der Waals surface area contributed by atoms with E-state index in [2.05, 4.69) is 202 Å². The monoisotopic (exact) mass is 701 g/mol. The second-order valence-electron chi connectivity index (χ2n) is 14.2. The van der Waals surface area contributed by atoms with Crippen molar-refractivity contribution >= 4 is 76.3 Å². The van der Waals surface area contributed by atoms with Crippen LogP contribution in [0, 0.1) is 0 Å². The third-order valence-electron chi connectivity index (χ3n) is 11.2. The summed E-state index contributed by atoms with van der Waals surface area (Å²) in [7, 11) is 0. The molecule has 0 saturated heterocycles. The third kappa shape index (κ3) is 4.29. The van der Waals surface area contributed by atoms with Crippen LogP contribution in [0.15, 0.2) is 188 Å².